The monoisotopic (exact) mass is 217 g/mol. The Morgan fingerprint density at radius 3 is 2.29 bits per heavy atom. The molecule has 0 N–H and O–H groups in total. The Labute approximate surface area is 86.3 Å². The molecule has 1 aromatic carbocycles. The summed E-state index contributed by atoms with van der Waals surface area (Å²) in [7, 11) is 0. The van der Waals surface area contributed by atoms with Gasteiger partial charge in [0.15, 0.2) is 0 Å². The Kier molecular flexibility index (Phi) is 2.59. The van der Waals surface area contributed by atoms with Crippen molar-refractivity contribution in [2.24, 2.45) is 0 Å². The van der Waals surface area contributed by atoms with E-state index in [1.165, 1.54) is 0 Å². The molecule has 2 rings (SSSR count). The first-order valence-corrected chi connectivity index (χ1v) is 4.96. The number of hydrogen-bond acceptors (Lipinski definition) is 1. The van der Waals surface area contributed by atoms with E-state index in [2.05, 4.69) is 0 Å². The Morgan fingerprint density at radius 2 is 1.64 bits per heavy atom. The van der Waals surface area contributed by atoms with Crippen LogP contribution in [0.1, 0.15) is 12.8 Å². The lowest BCUT2D eigenvalue weighted by Gasteiger charge is -2.19. The molecule has 0 amide bonds. The highest BCUT2D eigenvalue weighted by molar-refractivity contribution is 6.33. The second-order valence-electron chi connectivity index (χ2n) is 3.39. The first-order chi connectivity index (χ1) is 6.70. The molecular weight excluding hydrogens is 208 g/mol. The normalized spacial score (nSPS) is 16.4. The number of nitrogens with zero attached hydrogens (tertiary/aromatic N) is 1. The molecule has 1 aliphatic heterocycles. The number of hydrogen-bond donors (Lipinski definition) is 0. The van der Waals surface area contributed by atoms with Crippen LogP contribution in [0.2, 0.25) is 5.02 Å². The molecular formula is C10H10ClF2N. The Bertz CT molecular complexity index is 348. The largest absolute Gasteiger partial charge is 0.368 e. The minimum Gasteiger partial charge on any atom is -0.368 e. The number of halogens is 3. The van der Waals surface area contributed by atoms with Gasteiger partial charge in [-0.2, -0.15) is 0 Å². The van der Waals surface area contributed by atoms with Gasteiger partial charge in [-0.05, 0) is 25.0 Å². The maximum atomic E-state index is 13.4. The highest BCUT2D eigenvalue weighted by atomic mass is 35.5. The average Bonchev–Trinajstić information content (AvgIpc) is 2.65. The smallest absolute Gasteiger partial charge is 0.148 e. The molecule has 1 aliphatic rings. The maximum Gasteiger partial charge on any atom is 0.148 e. The summed E-state index contributed by atoms with van der Waals surface area (Å²) in [5.41, 5.74) is 0.212. The van der Waals surface area contributed by atoms with Crippen molar-refractivity contribution in [1.82, 2.24) is 0 Å². The van der Waals surface area contributed by atoms with E-state index in [1.54, 1.807) is 4.90 Å². The second kappa shape index (κ2) is 3.73. The third-order valence-electron chi connectivity index (χ3n) is 2.44. The molecule has 1 saturated heterocycles. The van der Waals surface area contributed by atoms with Crippen LogP contribution in [-0.2, 0) is 0 Å². The SMILES string of the molecule is Fc1ccc(F)c(N2CCCC2)c1Cl. The Morgan fingerprint density at radius 1 is 1.07 bits per heavy atom. The van der Waals surface area contributed by atoms with Crippen LogP contribution in [0, 0.1) is 11.6 Å². The van der Waals surface area contributed by atoms with E-state index < -0.39 is 11.6 Å². The molecule has 0 atom stereocenters. The van der Waals surface area contributed by atoms with Crippen LogP contribution in [0.5, 0.6) is 0 Å². The van der Waals surface area contributed by atoms with Crippen LogP contribution in [0.15, 0.2) is 12.1 Å². The molecule has 1 fully saturated rings. The minimum atomic E-state index is -0.560. The fourth-order valence-electron chi connectivity index (χ4n) is 1.75. The van der Waals surface area contributed by atoms with E-state index in [1.807, 2.05) is 0 Å². The molecule has 0 unspecified atom stereocenters. The maximum absolute atomic E-state index is 13.4. The Hall–Kier alpha value is -0.830. The lowest BCUT2D eigenvalue weighted by atomic mass is 10.2. The molecule has 0 radical (unpaired) electrons. The van der Waals surface area contributed by atoms with Gasteiger partial charge in [-0.3, -0.25) is 0 Å². The standard InChI is InChI=1S/C10H10ClF2N/c11-9-7(12)3-4-8(13)10(9)14-5-1-2-6-14/h3-4H,1-2,5-6H2. The van der Waals surface area contributed by atoms with Gasteiger partial charge in [-0.1, -0.05) is 11.6 Å². The van der Waals surface area contributed by atoms with Crippen LogP contribution in [0.3, 0.4) is 0 Å². The average molecular weight is 218 g/mol. The number of benzene rings is 1. The second-order valence-corrected chi connectivity index (χ2v) is 3.76. The molecule has 0 aliphatic carbocycles. The summed E-state index contributed by atoms with van der Waals surface area (Å²) < 4.78 is 26.5. The molecule has 1 heterocycles. The summed E-state index contributed by atoms with van der Waals surface area (Å²) >= 11 is 5.72. The van der Waals surface area contributed by atoms with E-state index in [-0.39, 0.29) is 10.7 Å². The van der Waals surface area contributed by atoms with Crippen molar-refractivity contribution in [2.45, 2.75) is 12.8 Å². The van der Waals surface area contributed by atoms with E-state index in [4.69, 9.17) is 11.6 Å². The van der Waals surface area contributed by atoms with Crippen LogP contribution in [0.25, 0.3) is 0 Å². The van der Waals surface area contributed by atoms with Crippen LogP contribution in [-0.4, -0.2) is 13.1 Å². The predicted octanol–water partition coefficient (Wildman–Crippen LogP) is 3.22. The van der Waals surface area contributed by atoms with Gasteiger partial charge in [0.25, 0.3) is 0 Å². The lowest BCUT2D eigenvalue weighted by Crippen LogP contribution is -2.19. The molecule has 1 aromatic rings. The Balaban J connectivity index is 2.44. The first-order valence-electron chi connectivity index (χ1n) is 4.58. The fourth-order valence-corrected chi connectivity index (χ4v) is 2.02. The zero-order chi connectivity index (χ0) is 10.1. The zero-order valence-corrected chi connectivity index (χ0v) is 8.32. The van der Waals surface area contributed by atoms with Crippen molar-refractivity contribution in [3.63, 3.8) is 0 Å². The van der Waals surface area contributed by atoms with Gasteiger partial charge in [0, 0.05) is 13.1 Å². The number of rotatable bonds is 1. The van der Waals surface area contributed by atoms with E-state index in [9.17, 15) is 8.78 Å². The van der Waals surface area contributed by atoms with Crippen molar-refractivity contribution in [3.05, 3.63) is 28.8 Å². The summed E-state index contributed by atoms with van der Waals surface area (Å²) in [4.78, 5) is 1.79. The summed E-state index contributed by atoms with van der Waals surface area (Å²) in [5, 5.41) is -0.105. The van der Waals surface area contributed by atoms with Crippen molar-refractivity contribution in [1.29, 1.82) is 0 Å². The minimum absolute atomic E-state index is 0.105. The van der Waals surface area contributed by atoms with E-state index in [0.29, 0.717) is 0 Å². The van der Waals surface area contributed by atoms with Gasteiger partial charge in [0.1, 0.15) is 16.7 Å². The van der Waals surface area contributed by atoms with Gasteiger partial charge in [-0.15, -0.1) is 0 Å². The highest BCUT2D eigenvalue weighted by Crippen LogP contribution is 2.33. The summed E-state index contributed by atoms with van der Waals surface area (Å²) in [5.74, 6) is -1.01. The van der Waals surface area contributed by atoms with Crippen LogP contribution in [0.4, 0.5) is 14.5 Å². The van der Waals surface area contributed by atoms with Crippen LogP contribution >= 0.6 is 11.6 Å². The summed E-state index contributed by atoms with van der Waals surface area (Å²) in [6.07, 6.45) is 2.01. The number of anilines is 1. The summed E-state index contributed by atoms with van der Waals surface area (Å²) in [6, 6.07) is 2.17. The van der Waals surface area contributed by atoms with Crippen molar-refractivity contribution >= 4 is 17.3 Å². The third kappa shape index (κ3) is 1.57. The molecule has 0 spiro atoms. The quantitative estimate of drug-likeness (QED) is 0.653. The van der Waals surface area contributed by atoms with Crippen molar-refractivity contribution < 1.29 is 8.78 Å². The molecule has 0 aromatic heterocycles. The van der Waals surface area contributed by atoms with Gasteiger partial charge in [0.2, 0.25) is 0 Å². The van der Waals surface area contributed by atoms with E-state index >= 15 is 0 Å². The van der Waals surface area contributed by atoms with Gasteiger partial charge >= 0.3 is 0 Å². The fraction of sp³-hybridized carbons (Fsp3) is 0.400. The molecule has 1 nitrogen and oxygen atoms in total. The van der Waals surface area contributed by atoms with Crippen LogP contribution < -0.4 is 4.90 Å². The predicted molar refractivity (Wildman–Crippen MR) is 52.8 cm³/mol. The van der Waals surface area contributed by atoms with Crippen molar-refractivity contribution in [3.8, 4) is 0 Å². The zero-order valence-electron chi connectivity index (χ0n) is 7.56. The lowest BCUT2D eigenvalue weighted by molar-refractivity contribution is 0.597. The first kappa shape index (κ1) is 9.71. The topological polar surface area (TPSA) is 3.24 Å². The molecule has 14 heavy (non-hydrogen) atoms. The molecule has 76 valence electrons. The van der Waals surface area contributed by atoms with Gasteiger partial charge in [-0.25, -0.2) is 8.78 Å². The molecule has 4 heteroatoms. The third-order valence-corrected chi connectivity index (χ3v) is 2.80. The molecule has 0 bridgehead atoms. The van der Waals surface area contributed by atoms with Gasteiger partial charge < -0.3 is 4.90 Å². The highest BCUT2D eigenvalue weighted by Gasteiger charge is 2.20. The van der Waals surface area contributed by atoms with Crippen molar-refractivity contribution in [2.75, 3.05) is 18.0 Å². The summed E-state index contributed by atoms with van der Waals surface area (Å²) in [6.45, 7) is 1.50. The van der Waals surface area contributed by atoms with Gasteiger partial charge in [0.05, 0.1) is 5.69 Å². The molecule has 0 saturated carbocycles. The van der Waals surface area contributed by atoms with E-state index in [0.717, 1.165) is 38.1 Å².